The van der Waals surface area contributed by atoms with Crippen LogP contribution in [-0.4, -0.2) is 33.7 Å². The number of benzene rings is 4. The Labute approximate surface area is 240 Å². The lowest BCUT2D eigenvalue weighted by atomic mass is 10.1. The molecule has 10 heteroatoms. The average Bonchev–Trinajstić information content (AvgIpc) is 3.43. The normalized spacial score (nSPS) is 10.8. The van der Waals surface area contributed by atoms with E-state index in [1.54, 1.807) is 47.3 Å². The van der Waals surface area contributed by atoms with E-state index in [1.807, 2.05) is 60.7 Å². The van der Waals surface area contributed by atoms with Crippen LogP contribution in [0.4, 0.5) is 11.4 Å². The topological polar surface area (TPSA) is 117 Å². The van der Waals surface area contributed by atoms with Crippen LogP contribution in [0.1, 0.15) is 15.9 Å². The van der Waals surface area contributed by atoms with Gasteiger partial charge in [0, 0.05) is 28.0 Å². The van der Waals surface area contributed by atoms with Gasteiger partial charge in [0.05, 0.1) is 23.2 Å². The van der Waals surface area contributed by atoms with Crippen LogP contribution in [0.2, 0.25) is 5.02 Å². The van der Waals surface area contributed by atoms with Gasteiger partial charge in [-0.05, 0) is 48.5 Å². The first-order chi connectivity index (χ1) is 20.0. The van der Waals surface area contributed by atoms with E-state index in [2.05, 4.69) is 26.3 Å². The van der Waals surface area contributed by atoms with Crippen LogP contribution < -0.4 is 16.1 Å². The highest BCUT2D eigenvalue weighted by Crippen LogP contribution is 2.23. The Kier molecular flexibility index (Phi) is 8.27. The van der Waals surface area contributed by atoms with E-state index in [9.17, 15) is 14.4 Å². The minimum absolute atomic E-state index is 0.165. The number of hydrogen-bond donors (Lipinski definition) is 3. The van der Waals surface area contributed by atoms with Gasteiger partial charge in [-0.1, -0.05) is 72.3 Å². The molecule has 0 unspecified atom stereocenters. The van der Waals surface area contributed by atoms with Crippen LogP contribution in [-0.2, 0) is 9.59 Å². The molecule has 5 aromatic rings. The van der Waals surface area contributed by atoms with Crippen molar-refractivity contribution in [2.45, 2.75) is 0 Å². The summed E-state index contributed by atoms with van der Waals surface area (Å²) < 4.78 is 1.71. The van der Waals surface area contributed by atoms with E-state index >= 15 is 0 Å². The third-order valence-corrected chi connectivity index (χ3v) is 6.16. The van der Waals surface area contributed by atoms with Crippen LogP contribution in [0.15, 0.2) is 120 Å². The summed E-state index contributed by atoms with van der Waals surface area (Å²) in [5.74, 6) is -2.46. The quantitative estimate of drug-likeness (QED) is 0.137. The molecule has 0 spiro atoms. The van der Waals surface area contributed by atoms with Gasteiger partial charge in [-0.15, -0.1) is 0 Å². The van der Waals surface area contributed by atoms with Crippen molar-refractivity contribution < 1.29 is 14.4 Å². The number of para-hydroxylation sites is 2. The summed E-state index contributed by atoms with van der Waals surface area (Å²) in [6.07, 6.45) is 3.20. The molecular formula is C31H23ClN6O3. The zero-order valence-electron chi connectivity index (χ0n) is 21.5. The molecule has 3 amide bonds. The number of nitrogens with one attached hydrogen (secondary N) is 3. The largest absolute Gasteiger partial charge is 0.329 e. The number of hydrazone groups is 1. The van der Waals surface area contributed by atoms with E-state index in [0.717, 1.165) is 11.3 Å². The summed E-state index contributed by atoms with van der Waals surface area (Å²) >= 11 is 5.90. The lowest BCUT2D eigenvalue weighted by Crippen LogP contribution is -2.33. The Morgan fingerprint density at radius 2 is 1.41 bits per heavy atom. The van der Waals surface area contributed by atoms with Crippen molar-refractivity contribution in [2.24, 2.45) is 5.10 Å². The first-order valence-electron chi connectivity index (χ1n) is 12.5. The summed E-state index contributed by atoms with van der Waals surface area (Å²) in [6, 6.07) is 32.1. The Balaban J connectivity index is 1.28. The monoisotopic (exact) mass is 562 g/mol. The van der Waals surface area contributed by atoms with Crippen LogP contribution in [0.5, 0.6) is 0 Å². The van der Waals surface area contributed by atoms with Crippen LogP contribution in [0.3, 0.4) is 0 Å². The van der Waals surface area contributed by atoms with E-state index in [1.165, 1.54) is 18.3 Å². The Morgan fingerprint density at radius 3 is 2.15 bits per heavy atom. The van der Waals surface area contributed by atoms with E-state index < -0.39 is 17.7 Å². The molecule has 4 aromatic carbocycles. The molecule has 1 aromatic heterocycles. The molecule has 0 atom stereocenters. The van der Waals surface area contributed by atoms with Gasteiger partial charge >= 0.3 is 11.8 Å². The molecule has 0 aliphatic carbocycles. The third-order valence-electron chi connectivity index (χ3n) is 5.91. The van der Waals surface area contributed by atoms with Crippen molar-refractivity contribution in [1.82, 2.24) is 15.2 Å². The zero-order valence-corrected chi connectivity index (χ0v) is 22.2. The second kappa shape index (κ2) is 12.5. The predicted molar refractivity (Wildman–Crippen MR) is 159 cm³/mol. The average molecular weight is 563 g/mol. The number of hydrogen-bond acceptors (Lipinski definition) is 5. The molecule has 1 heterocycles. The number of carbonyl (C=O) groups excluding carboxylic acids is 3. The fourth-order valence-corrected chi connectivity index (χ4v) is 4.05. The highest BCUT2D eigenvalue weighted by Gasteiger charge is 2.18. The van der Waals surface area contributed by atoms with Gasteiger partial charge in [-0.25, -0.2) is 10.1 Å². The smallest absolute Gasteiger partial charge is 0.322 e. The number of halogens is 1. The van der Waals surface area contributed by atoms with Gasteiger partial charge in [0.1, 0.15) is 5.69 Å². The fourth-order valence-electron chi connectivity index (χ4n) is 3.93. The molecule has 41 heavy (non-hydrogen) atoms. The molecule has 9 nitrogen and oxygen atoms in total. The van der Waals surface area contributed by atoms with Crippen molar-refractivity contribution in [2.75, 3.05) is 10.6 Å². The van der Waals surface area contributed by atoms with E-state index in [0.29, 0.717) is 22.0 Å². The lowest BCUT2D eigenvalue weighted by molar-refractivity contribution is -0.136. The zero-order chi connectivity index (χ0) is 28.6. The van der Waals surface area contributed by atoms with Gasteiger partial charge in [-0.3, -0.25) is 14.4 Å². The highest BCUT2D eigenvalue weighted by atomic mass is 35.5. The maximum Gasteiger partial charge on any atom is 0.329 e. The highest BCUT2D eigenvalue weighted by molar-refractivity contribution is 6.40. The number of carbonyl (C=O) groups is 3. The second-order valence-corrected chi connectivity index (χ2v) is 9.18. The predicted octanol–water partition coefficient (Wildman–Crippen LogP) is 5.53. The minimum atomic E-state index is -1.01. The maximum absolute atomic E-state index is 12.8. The molecular weight excluding hydrogens is 540 g/mol. The minimum Gasteiger partial charge on any atom is -0.322 e. The SMILES string of the molecule is O=C(N/N=C\c1cn(-c2ccccc2)nc1-c1ccccc1)C(=O)Nc1ccccc1C(=O)Nc1ccc(Cl)cc1. The standard InChI is InChI=1S/C31H23ClN6O3/c32-23-15-17-24(18-16-23)34-29(39)26-13-7-8-14-27(26)35-30(40)31(41)36-33-19-22-20-38(25-11-5-2-6-12-25)37-28(22)21-9-3-1-4-10-21/h1-20H,(H,34,39)(H,35,40)(H,36,41)/b33-19-. The first kappa shape index (κ1) is 27.0. The Morgan fingerprint density at radius 1 is 0.756 bits per heavy atom. The number of aromatic nitrogens is 2. The van der Waals surface area contributed by atoms with Gasteiger partial charge < -0.3 is 10.6 Å². The fraction of sp³-hybridized carbons (Fsp3) is 0. The third kappa shape index (κ3) is 6.73. The van der Waals surface area contributed by atoms with Gasteiger partial charge in [0.2, 0.25) is 0 Å². The van der Waals surface area contributed by atoms with Crippen molar-refractivity contribution in [3.05, 3.63) is 132 Å². The summed E-state index contributed by atoms with van der Waals surface area (Å²) in [6.45, 7) is 0. The Hall–Kier alpha value is -5.54. The van der Waals surface area contributed by atoms with Crippen molar-refractivity contribution >= 4 is 46.9 Å². The van der Waals surface area contributed by atoms with Gasteiger partial charge in [0.15, 0.2) is 0 Å². The van der Waals surface area contributed by atoms with Crippen LogP contribution in [0.25, 0.3) is 16.9 Å². The van der Waals surface area contributed by atoms with Crippen LogP contribution >= 0.6 is 11.6 Å². The molecule has 0 fully saturated rings. The molecule has 3 N–H and O–H groups in total. The number of anilines is 2. The van der Waals surface area contributed by atoms with E-state index in [4.69, 9.17) is 11.6 Å². The molecule has 0 aliphatic rings. The molecule has 0 bridgehead atoms. The maximum atomic E-state index is 12.8. The molecule has 0 aliphatic heterocycles. The molecule has 5 rings (SSSR count). The molecule has 0 radical (unpaired) electrons. The first-order valence-corrected chi connectivity index (χ1v) is 12.9. The van der Waals surface area contributed by atoms with Gasteiger partial charge in [0.25, 0.3) is 5.91 Å². The summed E-state index contributed by atoms with van der Waals surface area (Å²) in [7, 11) is 0. The summed E-state index contributed by atoms with van der Waals surface area (Å²) in [4.78, 5) is 38.0. The Bertz CT molecular complexity index is 1720. The second-order valence-electron chi connectivity index (χ2n) is 8.74. The number of nitrogens with zero attached hydrogens (tertiary/aromatic N) is 3. The lowest BCUT2D eigenvalue weighted by Gasteiger charge is -2.11. The van der Waals surface area contributed by atoms with Crippen LogP contribution in [0, 0.1) is 0 Å². The summed E-state index contributed by atoms with van der Waals surface area (Å²) in [5, 5.41) is 14.4. The van der Waals surface area contributed by atoms with Crippen molar-refractivity contribution in [1.29, 1.82) is 0 Å². The molecule has 202 valence electrons. The van der Waals surface area contributed by atoms with Gasteiger partial charge in [-0.2, -0.15) is 10.2 Å². The van der Waals surface area contributed by atoms with E-state index in [-0.39, 0.29) is 11.3 Å². The molecule has 0 saturated carbocycles. The molecule has 0 saturated heterocycles. The summed E-state index contributed by atoms with van der Waals surface area (Å²) in [5.41, 5.74) is 6.10. The number of amides is 3. The number of rotatable bonds is 7. The van der Waals surface area contributed by atoms with Crippen molar-refractivity contribution in [3.8, 4) is 16.9 Å². The van der Waals surface area contributed by atoms with Crippen molar-refractivity contribution in [3.63, 3.8) is 0 Å².